The fourth-order valence-corrected chi connectivity index (χ4v) is 4.02. The summed E-state index contributed by atoms with van der Waals surface area (Å²) in [5.74, 6) is -0.458. The molecule has 32 heavy (non-hydrogen) atoms. The number of para-hydroxylation sites is 1. The minimum absolute atomic E-state index is 0.122. The van der Waals surface area contributed by atoms with Gasteiger partial charge in [-0.15, -0.1) is 0 Å². The molecule has 1 aliphatic rings. The molecule has 0 bridgehead atoms. The molecule has 1 fully saturated rings. The van der Waals surface area contributed by atoms with Gasteiger partial charge in [-0.1, -0.05) is 24.3 Å². The topological polar surface area (TPSA) is 63.0 Å². The van der Waals surface area contributed by atoms with Gasteiger partial charge < -0.3 is 14.1 Å². The first-order valence-electron chi connectivity index (χ1n) is 10.4. The third-order valence-corrected chi connectivity index (χ3v) is 5.90. The predicted molar refractivity (Wildman–Crippen MR) is 116 cm³/mol. The van der Waals surface area contributed by atoms with Crippen molar-refractivity contribution in [1.82, 2.24) is 9.80 Å². The van der Waals surface area contributed by atoms with Crippen molar-refractivity contribution in [3.05, 3.63) is 75.1 Å². The molecule has 8 heteroatoms. The molecule has 4 rings (SSSR count). The molecule has 2 heterocycles. The van der Waals surface area contributed by atoms with Crippen LogP contribution in [0.25, 0.3) is 11.0 Å². The van der Waals surface area contributed by atoms with Crippen molar-refractivity contribution in [2.45, 2.75) is 27.0 Å². The number of nitrogens with zero attached hydrogens (tertiary/aromatic N) is 2. The van der Waals surface area contributed by atoms with E-state index < -0.39 is 6.61 Å². The Hall–Kier alpha value is -3.26. The average Bonchev–Trinajstić information content (AvgIpc) is 2.76. The van der Waals surface area contributed by atoms with E-state index in [1.54, 1.807) is 17.0 Å². The maximum atomic E-state index is 12.9. The third-order valence-electron chi connectivity index (χ3n) is 5.90. The first-order valence-corrected chi connectivity index (χ1v) is 10.4. The van der Waals surface area contributed by atoms with Crippen molar-refractivity contribution in [1.29, 1.82) is 0 Å². The number of benzene rings is 2. The third kappa shape index (κ3) is 4.50. The first-order chi connectivity index (χ1) is 15.3. The molecule has 3 aromatic rings. The lowest BCUT2D eigenvalue weighted by atomic mass is 10.0. The van der Waals surface area contributed by atoms with Gasteiger partial charge in [-0.2, -0.15) is 8.78 Å². The van der Waals surface area contributed by atoms with E-state index in [2.05, 4.69) is 9.64 Å². The van der Waals surface area contributed by atoms with E-state index in [1.165, 1.54) is 18.2 Å². The van der Waals surface area contributed by atoms with Gasteiger partial charge in [-0.3, -0.25) is 9.69 Å². The van der Waals surface area contributed by atoms with Crippen molar-refractivity contribution in [2.75, 3.05) is 26.2 Å². The lowest BCUT2D eigenvalue weighted by Crippen LogP contribution is -2.48. The van der Waals surface area contributed by atoms with Crippen LogP contribution in [0.3, 0.4) is 0 Å². The van der Waals surface area contributed by atoms with Crippen LogP contribution >= 0.6 is 0 Å². The summed E-state index contributed by atoms with van der Waals surface area (Å²) >= 11 is 0. The van der Waals surface area contributed by atoms with Gasteiger partial charge in [0.1, 0.15) is 11.3 Å². The van der Waals surface area contributed by atoms with E-state index in [9.17, 15) is 18.4 Å². The van der Waals surface area contributed by atoms with Gasteiger partial charge >= 0.3 is 12.2 Å². The summed E-state index contributed by atoms with van der Waals surface area (Å²) in [6.45, 7) is 3.54. The predicted octanol–water partition coefficient (Wildman–Crippen LogP) is 3.97. The van der Waals surface area contributed by atoms with E-state index in [-0.39, 0.29) is 22.8 Å². The number of amides is 1. The largest absolute Gasteiger partial charge is 0.434 e. The Morgan fingerprint density at radius 2 is 1.81 bits per heavy atom. The van der Waals surface area contributed by atoms with E-state index in [4.69, 9.17) is 4.42 Å². The molecule has 1 saturated heterocycles. The molecule has 1 aromatic heterocycles. The molecule has 0 unspecified atom stereocenters. The lowest BCUT2D eigenvalue weighted by Gasteiger charge is -2.35. The molecule has 0 N–H and O–H groups in total. The number of piperazine rings is 1. The van der Waals surface area contributed by atoms with Gasteiger partial charge in [0.25, 0.3) is 5.91 Å². The second-order valence-corrected chi connectivity index (χ2v) is 7.92. The Morgan fingerprint density at radius 3 is 2.53 bits per heavy atom. The normalized spacial score (nSPS) is 14.8. The number of halogens is 2. The fourth-order valence-electron chi connectivity index (χ4n) is 4.02. The van der Waals surface area contributed by atoms with Gasteiger partial charge in [0.2, 0.25) is 0 Å². The van der Waals surface area contributed by atoms with Gasteiger partial charge in [0.15, 0.2) is 0 Å². The van der Waals surface area contributed by atoms with Crippen LogP contribution in [0.2, 0.25) is 0 Å². The number of fused-ring (bicyclic) bond motifs is 1. The van der Waals surface area contributed by atoms with Gasteiger partial charge in [0.05, 0.1) is 5.56 Å². The highest BCUT2D eigenvalue weighted by Crippen LogP contribution is 2.25. The van der Waals surface area contributed by atoms with Crippen LogP contribution in [0.15, 0.2) is 51.7 Å². The SMILES string of the molecule is Cc1ccc2c(CN3CCN(C(=O)c4ccccc4OC(F)F)CC3)cc(=O)oc2c1C. The summed E-state index contributed by atoms with van der Waals surface area (Å²) in [6, 6.07) is 11.5. The van der Waals surface area contributed by atoms with Gasteiger partial charge in [0, 0.05) is 44.2 Å². The van der Waals surface area contributed by atoms with Crippen LogP contribution in [-0.4, -0.2) is 48.5 Å². The van der Waals surface area contributed by atoms with Crippen molar-refractivity contribution in [3.8, 4) is 5.75 Å². The zero-order chi connectivity index (χ0) is 22.8. The molecular formula is C24H24F2N2O4. The molecule has 0 aliphatic carbocycles. The van der Waals surface area contributed by atoms with Crippen LogP contribution in [0.5, 0.6) is 5.75 Å². The smallest absolute Gasteiger partial charge is 0.387 e. The number of carbonyl (C=O) groups is 1. The van der Waals surface area contributed by atoms with Crippen LogP contribution in [-0.2, 0) is 6.54 Å². The zero-order valence-corrected chi connectivity index (χ0v) is 17.9. The number of ether oxygens (including phenoxy) is 1. The number of hydrogen-bond acceptors (Lipinski definition) is 5. The Kier molecular flexibility index (Phi) is 6.23. The quantitative estimate of drug-likeness (QED) is 0.560. The van der Waals surface area contributed by atoms with E-state index in [0.29, 0.717) is 38.3 Å². The number of hydrogen-bond donors (Lipinski definition) is 0. The summed E-state index contributed by atoms with van der Waals surface area (Å²) in [4.78, 5) is 28.8. The maximum absolute atomic E-state index is 12.9. The second kappa shape index (κ2) is 9.08. The Labute approximate surface area is 184 Å². The number of aryl methyl sites for hydroxylation is 2. The van der Waals surface area contributed by atoms with Crippen molar-refractivity contribution >= 4 is 16.9 Å². The summed E-state index contributed by atoms with van der Waals surface area (Å²) in [7, 11) is 0. The monoisotopic (exact) mass is 442 g/mol. The second-order valence-electron chi connectivity index (χ2n) is 7.92. The van der Waals surface area contributed by atoms with Crippen molar-refractivity contribution in [2.24, 2.45) is 0 Å². The Balaban J connectivity index is 1.47. The number of rotatable bonds is 5. The Morgan fingerprint density at radius 1 is 1.09 bits per heavy atom. The molecular weight excluding hydrogens is 418 g/mol. The summed E-state index contributed by atoms with van der Waals surface area (Å²) in [6.07, 6.45) is 0. The van der Waals surface area contributed by atoms with Crippen molar-refractivity contribution < 1.29 is 22.7 Å². The molecule has 168 valence electrons. The highest BCUT2D eigenvalue weighted by Gasteiger charge is 2.25. The average molecular weight is 442 g/mol. The fraction of sp³-hybridized carbons (Fsp3) is 0.333. The Bertz CT molecular complexity index is 1200. The summed E-state index contributed by atoms with van der Waals surface area (Å²) < 4.78 is 35.3. The molecule has 0 atom stereocenters. The lowest BCUT2D eigenvalue weighted by molar-refractivity contribution is -0.0503. The molecule has 2 aromatic carbocycles. The minimum Gasteiger partial charge on any atom is -0.434 e. The van der Waals surface area contributed by atoms with E-state index in [1.807, 2.05) is 26.0 Å². The van der Waals surface area contributed by atoms with Crippen LogP contribution < -0.4 is 10.4 Å². The highest BCUT2D eigenvalue weighted by molar-refractivity contribution is 5.97. The molecule has 0 spiro atoms. The van der Waals surface area contributed by atoms with Gasteiger partial charge in [-0.25, -0.2) is 4.79 Å². The number of carbonyl (C=O) groups excluding carboxylic acids is 1. The van der Waals surface area contributed by atoms with Crippen LogP contribution in [0.1, 0.15) is 27.0 Å². The van der Waals surface area contributed by atoms with E-state index >= 15 is 0 Å². The molecule has 6 nitrogen and oxygen atoms in total. The van der Waals surface area contributed by atoms with Gasteiger partial charge in [-0.05, 0) is 42.7 Å². The maximum Gasteiger partial charge on any atom is 0.387 e. The zero-order valence-electron chi connectivity index (χ0n) is 17.9. The van der Waals surface area contributed by atoms with Crippen LogP contribution in [0, 0.1) is 13.8 Å². The van der Waals surface area contributed by atoms with Crippen molar-refractivity contribution in [3.63, 3.8) is 0 Å². The molecule has 0 saturated carbocycles. The molecule has 1 amide bonds. The molecule has 0 radical (unpaired) electrons. The number of alkyl halides is 2. The van der Waals surface area contributed by atoms with E-state index in [0.717, 1.165) is 22.1 Å². The minimum atomic E-state index is -2.99. The standard InChI is InChI=1S/C24H24F2N2O4/c1-15-7-8-18-17(13-21(29)32-22(18)16(15)2)14-27-9-11-28(12-10-27)23(30)19-5-3-4-6-20(19)31-24(25)26/h3-8,13,24H,9-12,14H2,1-2H3. The first kappa shape index (κ1) is 22.0. The summed E-state index contributed by atoms with van der Waals surface area (Å²) in [5.41, 5.74) is 3.23. The highest BCUT2D eigenvalue weighted by atomic mass is 19.3. The summed E-state index contributed by atoms with van der Waals surface area (Å²) in [5, 5.41) is 0.907. The van der Waals surface area contributed by atoms with Crippen LogP contribution in [0.4, 0.5) is 8.78 Å². The molecule has 1 aliphatic heterocycles.